The molecule has 1 heterocycles. The van der Waals surface area contributed by atoms with Gasteiger partial charge in [0.05, 0.1) is 18.3 Å². The monoisotopic (exact) mass is 575 g/mol. The number of aliphatic carboxylic acids is 1. The van der Waals surface area contributed by atoms with Crippen molar-refractivity contribution in [2.75, 3.05) is 6.54 Å². The first-order chi connectivity index (χ1) is 18.1. The first kappa shape index (κ1) is 24.9. The maximum atomic E-state index is 14.1. The Morgan fingerprint density at radius 3 is 2.37 bits per heavy atom. The number of hydrogen-bond acceptors (Lipinski definition) is 5. The van der Waals surface area contributed by atoms with Crippen LogP contribution >= 0.6 is 15.9 Å². The molecule has 1 aliphatic heterocycles. The number of carboxylic acids is 1. The van der Waals surface area contributed by atoms with E-state index in [1.54, 1.807) is 24.3 Å². The molecule has 2 fully saturated rings. The first-order valence-electron chi connectivity index (χ1n) is 12.8. The highest BCUT2D eigenvalue weighted by molar-refractivity contribution is 9.10. The highest BCUT2D eigenvalue weighted by Gasteiger charge is 2.63. The Morgan fingerprint density at radius 1 is 1.00 bits per heavy atom. The molecule has 3 aliphatic carbocycles. The summed E-state index contributed by atoms with van der Waals surface area (Å²) in [6, 6.07) is 14.6. The number of imide groups is 1. The number of hydrogen-bond donors (Lipinski definition) is 1. The van der Waals surface area contributed by atoms with Crippen LogP contribution in [0.1, 0.15) is 58.4 Å². The molecular weight excluding hydrogens is 550 g/mol. The molecule has 1 N–H and O–H groups in total. The van der Waals surface area contributed by atoms with Crippen molar-refractivity contribution in [1.82, 2.24) is 4.90 Å². The van der Waals surface area contributed by atoms with E-state index in [4.69, 9.17) is 5.11 Å². The molecule has 2 amide bonds. The number of carboxylic acid groups (broad SMARTS) is 1. The average molecular weight is 576 g/mol. The summed E-state index contributed by atoms with van der Waals surface area (Å²) >= 11 is 3.48. The van der Waals surface area contributed by atoms with E-state index < -0.39 is 41.0 Å². The van der Waals surface area contributed by atoms with Crippen molar-refractivity contribution in [1.29, 1.82) is 0 Å². The van der Waals surface area contributed by atoms with Crippen LogP contribution in [0.3, 0.4) is 0 Å². The van der Waals surface area contributed by atoms with Crippen molar-refractivity contribution in [3.63, 3.8) is 0 Å². The molecule has 0 radical (unpaired) electrons. The van der Waals surface area contributed by atoms with Gasteiger partial charge in [-0.05, 0) is 36.5 Å². The van der Waals surface area contributed by atoms with Gasteiger partial charge in [0.1, 0.15) is 0 Å². The molecule has 0 spiro atoms. The number of nitrogens with zero attached hydrogens (tertiary/aromatic N) is 1. The fraction of sp³-hybridized carbons (Fsp3) is 0.367. The Bertz CT molecular complexity index is 1440. The normalized spacial score (nSPS) is 31.8. The molecule has 4 aliphatic rings. The summed E-state index contributed by atoms with van der Waals surface area (Å²) in [5, 5.41) is 9.14. The Hall–Kier alpha value is -3.39. The van der Waals surface area contributed by atoms with Crippen molar-refractivity contribution in [3.8, 4) is 0 Å². The van der Waals surface area contributed by atoms with E-state index in [0.717, 1.165) is 20.5 Å². The summed E-state index contributed by atoms with van der Waals surface area (Å²) in [4.78, 5) is 67.3. The topological polar surface area (TPSA) is 109 Å². The van der Waals surface area contributed by atoms with Gasteiger partial charge in [-0.15, -0.1) is 0 Å². The molecule has 0 bridgehead atoms. The number of likely N-dealkylation sites (tertiary alicyclic amines) is 1. The van der Waals surface area contributed by atoms with Gasteiger partial charge in [0, 0.05) is 39.4 Å². The third-order valence-corrected chi connectivity index (χ3v) is 9.61. The van der Waals surface area contributed by atoms with E-state index in [0.29, 0.717) is 17.5 Å². The molecule has 194 valence electrons. The van der Waals surface area contributed by atoms with Crippen LogP contribution in [0.25, 0.3) is 0 Å². The minimum atomic E-state index is -1.08. The number of ketones is 2. The molecule has 38 heavy (non-hydrogen) atoms. The highest BCUT2D eigenvalue weighted by Crippen LogP contribution is 2.62. The number of amides is 2. The Labute approximate surface area is 228 Å². The van der Waals surface area contributed by atoms with Gasteiger partial charge in [-0.25, -0.2) is 0 Å². The summed E-state index contributed by atoms with van der Waals surface area (Å²) in [6.07, 6.45) is 2.32. The van der Waals surface area contributed by atoms with Crippen LogP contribution in [-0.2, 0) is 14.4 Å². The third-order valence-electron chi connectivity index (χ3n) is 9.08. The van der Waals surface area contributed by atoms with Crippen molar-refractivity contribution in [2.24, 2.45) is 29.1 Å². The van der Waals surface area contributed by atoms with Gasteiger partial charge in [0.2, 0.25) is 11.8 Å². The zero-order chi connectivity index (χ0) is 26.9. The standard InChI is InChI=1S/C30H26BrNO6/c1-30-14-21-17(10-11-20-24(21)29(38)32(28(20)37)13-12-22(33)34)23(15-6-8-16(31)9-7-15)25(30)26(35)18-4-2-3-5-19(18)27(30)36/h2-10,20-21,23-25H,11-14H2,1H3,(H,33,34)/t20-,21+,23-,24-,25+,30+/m0/s1. The molecule has 6 atom stereocenters. The molecular formula is C30H26BrNO6. The fourth-order valence-corrected chi connectivity index (χ4v) is 7.68. The lowest BCUT2D eigenvalue weighted by molar-refractivity contribution is -0.142. The first-order valence-corrected chi connectivity index (χ1v) is 13.6. The predicted molar refractivity (Wildman–Crippen MR) is 140 cm³/mol. The minimum absolute atomic E-state index is 0.0750. The quantitative estimate of drug-likeness (QED) is 0.419. The minimum Gasteiger partial charge on any atom is -0.481 e. The Balaban J connectivity index is 1.50. The zero-order valence-electron chi connectivity index (χ0n) is 20.7. The molecule has 0 unspecified atom stereocenters. The molecule has 2 aromatic carbocycles. The van der Waals surface area contributed by atoms with Crippen LogP contribution in [-0.4, -0.2) is 45.9 Å². The number of Topliss-reactive ketones (excluding diaryl/α,β-unsaturated/α-hetero) is 2. The molecule has 8 heteroatoms. The van der Waals surface area contributed by atoms with E-state index >= 15 is 0 Å². The van der Waals surface area contributed by atoms with Gasteiger partial charge in [-0.3, -0.25) is 28.9 Å². The Morgan fingerprint density at radius 2 is 1.68 bits per heavy atom. The molecule has 1 saturated heterocycles. The van der Waals surface area contributed by atoms with Crippen LogP contribution < -0.4 is 0 Å². The lowest BCUT2D eigenvalue weighted by atomic mass is 9.47. The van der Waals surface area contributed by atoms with Gasteiger partial charge in [-0.2, -0.15) is 0 Å². The van der Waals surface area contributed by atoms with Crippen molar-refractivity contribution in [3.05, 3.63) is 81.3 Å². The predicted octanol–water partition coefficient (Wildman–Crippen LogP) is 4.66. The summed E-state index contributed by atoms with van der Waals surface area (Å²) < 4.78 is 0.885. The number of carbonyl (C=O) groups is 5. The van der Waals surface area contributed by atoms with Gasteiger partial charge < -0.3 is 5.11 Å². The van der Waals surface area contributed by atoms with Gasteiger partial charge >= 0.3 is 5.97 Å². The van der Waals surface area contributed by atoms with E-state index in [1.807, 2.05) is 37.3 Å². The fourth-order valence-electron chi connectivity index (χ4n) is 7.41. The molecule has 6 rings (SSSR count). The van der Waals surface area contributed by atoms with E-state index in [2.05, 4.69) is 15.9 Å². The molecule has 2 aromatic rings. The van der Waals surface area contributed by atoms with Crippen LogP contribution in [0.2, 0.25) is 0 Å². The second kappa shape index (κ2) is 8.83. The largest absolute Gasteiger partial charge is 0.481 e. The summed E-state index contributed by atoms with van der Waals surface area (Å²) in [5.74, 6) is -4.71. The number of allylic oxidation sites excluding steroid dienone is 2. The smallest absolute Gasteiger partial charge is 0.305 e. The van der Waals surface area contributed by atoms with Gasteiger partial charge in [0.25, 0.3) is 0 Å². The number of rotatable bonds is 4. The third kappa shape index (κ3) is 3.49. The Kier molecular flexibility index (Phi) is 5.79. The van der Waals surface area contributed by atoms with Gasteiger partial charge in [0.15, 0.2) is 11.6 Å². The maximum absolute atomic E-state index is 14.1. The summed E-state index contributed by atoms with van der Waals surface area (Å²) in [6.45, 7) is 1.67. The zero-order valence-corrected chi connectivity index (χ0v) is 22.3. The summed E-state index contributed by atoms with van der Waals surface area (Å²) in [7, 11) is 0. The summed E-state index contributed by atoms with van der Waals surface area (Å²) in [5.41, 5.74) is 1.59. The number of carbonyl (C=O) groups excluding carboxylic acids is 4. The van der Waals surface area contributed by atoms with Crippen LogP contribution in [0.4, 0.5) is 0 Å². The van der Waals surface area contributed by atoms with Crippen LogP contribution in [0.15, 0.2) is 64.7 Å². The average Bonchev–Trinajstić information content (AvgIpc) is 3.15. The lowest BCUT2D eigenvalue weighted by Gasteiger charge is -2.53. The van der Waals surface area contributed by atoms with Crippen LogP contribution in [0, 0.1) is 29.1 Å². The van der Waals surface area contributed by atoms with E-state index in [1.165, 1.54) is 0 Å². The number of halogens is 1. The molecule has 1 saturated carbocycles. The SMILES string of the molecule is C[C@@]12C[C@@H]3C(=CC[C@@H]4C(=O)N(CCC(=O)O)C(=O)[C@@H]43)[C@H](c3ccc(Br)cc3)[C@@H]1C(=O)c1ccccc1C2=O. The maximum Gasteiger partial charge on any atom is 0.305 e. The molecule has 7 nitrogen and oxygen atoms in total. The second-order valence-corrected chi connectivity index (χ2v) is 11.9. The number of benzene rings is 2. The van der Waals surface area contributed by atoms with Gasteiger partial charge in [-0.1, -0.05) is 70.9 Å². The van der Waals surface area contributed by atoms with E-state index in [9.17, 15) is 24.0 Å². The van der Waals surface area contributed by atoms with E-state index in [-0.39, 0.29) is 42.8 Å². The van der Waals surface area contributed by atoms with Crippen molar-refractivity contribution >= 4 is 45.3 Å². The van der Waals surface area contributed by atoms with Crippen LogP contribution in [0.5, 0.6) is 0 Å². The highest BCUT2D eigenvalue weighted by atomic mass is 79.9. The lowest BCUT2D eigenvalue weighted by Crippen LogP contribution is -2.55. The van der Waals surface area contributed by atoms with Crippen molar-refractivity contribution < 1.29 is 29.1 Å². The molecule has 0 aromatic heterocycles. The number of fused-ring (bicyclic) bond motifs is 5. The van der Waals surface area contributed by atoms with Crippen molar-refractivity contribution in [2.45, 2.75) is 32.1 Å². The second-order valence-electron chi connectivity index (χ2n) is 11.0.